The summed E-state index contributed by atoms with van der Waals surface area (Å²) in [5.74, 6) is -1.32. The fraction of sp³-hybridized carbons (Fsp3) is 0.500. The maximum Gasteiger partial charge on any atom is 0.237 e. The van der Waals surface area contributed by atoms with Gasteiger partial charge in [-0.1, -0.05) is 13.0 Å². The van der Waals surface area contributed by atoms with Crippen LogP contribution in [0.5, 0.6) is 0 Å². The van der Waals surface area contributed by atoms with Crippen molar-refractivity contribution in [2.75, 3.05) is 13.1 Å². The van der Waals surface area contributed by atoms with E-state index in [1.807, 2.05) is 6.92 Å². The molecule has 1 saturated heterocycles. The first-order valence-electron chi connectivity index (χ1n) is 6.57. The number of carbonyl (C=O) groups excluding carboxylic acids is 1. The van der Waals surface area contributed by atoms with Gasteiger partial charge in [-0.25, -0.2) is 8.78 Å². The van der Waals surface area contributed by atoms with E-state index in [1.165, 1.54) is 12.1 Å². The summed E-state index contributed by atoms with van der Waals surface area (Å²) in [6.45, 7) is 3.88. The molecule has 3 nitrogen and oxygen atoms in total. The summed E-state index contributed by atoms with van der Waals surface area (Å²) in [5, 5.41) is 2.72. The molecule has 1 aliphatic heterocycles. The first-order valence-corrected chi connectivity index (χ1v) is 6.57. The van der Waals surface area contributed by atoms with E-state index in [0.717, 1.165) is 32.0 Å². The summed E-state index contributed by atoms with van der Waals surface area (Å²) in [5.41, 5.74) is 0.302. The SMILES string of the molecule is CCN1CCCC1C(=O)NCc1ccc(F)cc1F. The van der Waals surface area contributed by atoms with Crippen LogP contribution in [0, 0.1) is 11.6 Å². The lowest BCUT2D eigenvalue weighted by Crippen LogP contribution is -2.42. The van der Waals surface area contributed by atoms with Crippen molar-refractivity contribution >= 4 is 5.91 Å². The van der Waals surface area contributed by atoms with Crippen LogP contribution in [0.1, 0.15) is 25.3 Å². The Labute approximate surface area is 111 Å². The highest BCUT2D eigenvalue weighted by Gasteiger charge is 2.29. The largest absolute Gasteiger partial charge is 0.351 e. The zero-order valence-electron chi connectivity index (χ0n) is 11.0. The molecule has 0 aliphatic carbocycles. The number of amides is 1. The quantitative estimate of drug-likeness (QED) is 0.906. The van der Waals surface area contributed by atoms with E-state index in [2.05, 4.69) is 10.2 Å². The van der Waals surface area contributed by atoms with Gasteiger partial charge in [-0.15, -0.1) is 0 Å². The second kappa shape index (κ2) is 6.10. The molecule has 1 unspecified atom stereocenters. The molecule has 104 valence electrons. The molecule has 1 aromatic carbocycles. The predicted octanol–water partition coefficient (Wildman–Crippen LogP) is 2.07. The minimum absolute atomic E-state index is 0.0805. The molecule has 1 amide bonds. The van der Waals surface area contributed by atoms with Crippen molar-refractivity contribution in [1.29, 1.82) is 0 Å². The molecular weight excluding hydrogens is 250 g/mol. The van der Waals surface area contributed by atoms with Crippen LogP contribution in [0.4, 0.5) is 8.78 Å². The summed E-state index contributed by atoms with van der Waals surface area (Å²) in [6.07, 6.45) is 1.85. The van der Waals surface area contributed by atoms with Crippen LogP contribution < -0.4 is 5.32 Å². The second-order valence-corrected chi connectivity index (χ2v) is 4.74. The smallest absolute Gasteiger partial charge is 0.237 e. The maximum atomic E-state index is 13.4. The molecule has 1 aliphatic rings. The van der Waals surface area contributed by atoms with E-state index >= 15 is 0 Å². The van der Waals surface area contributed by atoms with E-state index in [0.29, 0.717) is 5.56 Å². The Morgan fingerprint density at radius 3 is 2.95 bits per heavy atom. The molecule has 1 N–H and O–H groups in total. The Kier molecular flexibility index (Phi) is 4.47. The van der Waals surface area contributed by atoms with Crippen molar-refractivity contribution in [3.63, 3.8) is 0 Å². The lowest BCUT2D eigenvalue weighted by Gasteiger charge is -2.21. The number of likely N-dealkylation sites (N-methyl/N-ethyl adjacent to an activating group) is 1. The molecule has 1 aromatic rings. The van der Waals surface area contributed by atoms with Crippen molar-refractivity contribution in [2.24, 2.45) is 0 Å². The van der Waals surface area contributed by atoms with E-state index in [9.17, 15) is 13.6 Å². The van der Waals surface area contributed by atoms with Gasteiger partial charge in [0, 0.05) is 18.2 Å². The predicted molar refractivity (Wildman–Crippen MR) is 68.5 cm³/mol. The van der Waals surface area contributed by atoms with Crippen LogP contribution in [0.2, 0.25) is 0 Å². The van der Waals surface area contributed by atoms with Gasteiger partial charge < -0.3 is 5.32 Å². The molecule has 0 aromatic heterocycles. The Morgan fingerprint density at radius 2 is 2.26 bits per heavy atom. The van der Waals surface area contributed by atoms with E-state index in [1.54, 1.807) is 0 Å². The second-order valence-electron chi connectivity index (χ2n) is 4.74. The van der Waals surface area contributed by atoms with Crippen LogP contribution in [-0.4, -0.2) is 29.9 Å². The zero-order chi connectivity index (χ0) is 13.8. The van der Waals surface area contributed by atoms with Crippen molar-refractivity contribution in [2.45, 2.75) is 32.4 Å². The van der Waals surface area contributed by atoms with Crippen LogP contribution in [0.3, 0.4) is 0 Å². The van der Waals surface area contributed by atoms with Gasteiger partial charge in [-0.05, 0) is 32.0 Å². The van der Waals surface area contributed by atoms with Crippen LogP contribution in [0.25, 0.3) is 0 Å². The molecule has 0 radical (unpaired) electrons. The van der Waals surface area contributed by atoms with Gasteiger partial charge in [-0.2, -0.15) is 0 Å². The summed E-state index contributed by atoms with van der Waals surface area (Å²) >= 11 is 0. The van der Waals surface area contributed by atoms with Crippen molar-refractivity contribution in [3.8, 4) is 0 Å². The topological polar surface area (TPSA) is 32.3 Å². The molecule has 0 saturated carbocycles. The fourth-order valence-electron chi connectivity index (χ4n) is 2.47. The van der Waals surface area contributed by atoms with Gasteiger partial charge in [-0.3, -0.25) is 9.69 Å². The van der Waals surface area contributed by atoms with Gasteiger partial charge >= 0.3 is 0 Å². The van der Waals surface area contributed by atoms with Gasteiger partial charge in [0.2, 0.25) is 5.91 Å². The molecule has 1 fully saturated rings. The van der Waals surface area contributed by atoms with Gasteiger partial charge in [0.25, 0.3) is 0 Å². The zero-order valence-corrected chi connectivity index (χ0v) is 11.0. The number of hydrogen-bond donors (Lipinski definition) is 1. The van der Waals surface area contributed by atoms with E-state index in [-0.39, 0.29) is 18.5 Å². The lowest BCUT2D eigenvalue weighted by atomic mass is 10.1. The normalized spacial score (nSPS) is 19.6. The highest BCUT2D eigenvalue weighted by atomic mass is 19.1. The minimum Gasteiger partial charge on any atom is -0.351 e. The monoisotopic (exact) mass is 268 g/mol. The summed E-state index contributed by atoms with van der Waals surface area (Å²) in [4.78, 5) is 14.1. The van der Waals surface area contributed by atoms with Gasteiger partial charge in [0.15, 0.2) is 0 Å². The summed E-state index contributed by atoms with van der Waals surface area (Å²) < 4.78 is 26.2. The molecule has 5 heteroatoms. The molecular formula is C14H18F2N2O. The van der Waals surface area contributed by atoms with Crippen molar-refractivity contribution in [3.05, 3.63) is 35.4 Å². The molecule has 2 rings (SSSR count). The van der Waals surface area contributed by atoms with Gasteiger partial charge in [0.05, 0.1) is 6.04 Å². The highest BCUT2D eigenvalue weighted by Crippen LogP contribution is 2.17. The number of carbonyl (C=O) groups is 1. The van der Waals surface area contributed by atoms with Crippen LogP contribution >= 0.6 is 0 Å². The number of nitrogens with zero attached hydrogens (tertiary/aromatic N) is 1. The summed E-state index contributed by atoms with van der Waals surface area (Å²) in [7, 11) is 0. The van der Waals surface area contributed by atoms with Crippen LogP contribution in [0.15, 0.2) is 18.2 Å². The number of halogens is 2. The van der Waals surface area contributed by atoms with Crippen molar-refractivity contribution < 1.29 is 13.6 Å². The molecule has 0 bridgehead atoms. The molecule has 1 atom stereocenters. The fourth-order valence-corrected chi connectivity index (χ4v) is 2.47. The molecule has 19 heavy (non-hydrogen) atoms. The van der Waals surface area contributed by atoms with E-state index in [4.69, 9.17) is 0 Å². The first kappa shape index (κ1) is 13.9. The maximum absolute atomic E-state index is 13.4. The van der Waals surface area contributed by atoms with E-state index < -0.39 is 11.6 Å². The number of likely N-dealkylation sites (tertiary alicyclic amines) is 1. The molecule has 1 heterocycles. The standard InChI is InChI=1S/C14H18F2N2O/c1-2-18-7-3-4-13(18)14(19)17-9-10-5-6-11(15)8-12(10)16/h5-6,8,13H,2-4,7,9H2,1H3,(H,17,19). The minimum atomic E-state index is -0.626. The Bertz CT molecular complexity index is 465. The number of nitrogens with one attached hydrogen (secondary N) is 1. The number of rotatable bonds is 4. The van der Waals surface area contributed by atoms with Crippen LogP contribution in [-0.2, 0) is 11.3 Å². The molecule has 0 spiro atoms. The Morgan fingerprint density at radius 1 is 1.47 bits per heavy atom. The summed E-state index contributed by atoms with van der Waals surface area (Å²) in [6, 6.07) is 3.26. The number of benzene rings is 1. The first-order chi connectivity index (χ1) is 9.11. The average molecular weight is 268 g/mol. The Balaban J connectivity index is 1.93. The Hall–Kier alpha value is -1.49. The average Bonchev–Trinajstić information content (AvgIpc) is 2.85. The lowest BCUT2D eigenvalue weighted by molar-refractivity contribution is -0.125. The third-order valence-corrected chi connectivity index (χ3v) is 3.54. The highest BCUT2D eigenvalue weighted by molar-refractivity contribution is 5.82. The number of hydrogen-bond acceptors (Lipinski definition) is 2. The third kappa shape index (κ3) is 3.29. The third-order valence-electron chi connectivity index (χ3n) is 3.54. The van der Waals surface area contributed by atoms with Gasteiger partial charge in [0.1, 0.15) is 11.6 Å². The van der Waals surface area contributed by atoms with Crippen molar-refractivity contribution in [1.82, 2.24) is 10.2 Å².